The first-order chi connectivity index (χ1) is 12.8. The van der Waals surface area contributed by atoms with Gasteiger partial charge < -0.3 is 4.57 Å². The number of hydrogen-bond donors (Lipinski definition) is 0. The molecule has 0 heterocycles. The van der Waals surface area contributed by atoms with Crippen LogP contribution >= 0.6 is 7.14 Å². The second kappa shape index (κ2) is 11.9. The van der Waals surface area contributed by atoms with Crippen LogP contribution in [0.4, 0.5) is 0 Å². The van der Waals surface area contributed by atoms with Gasteiger partial charge in [-0.3, -0.25) is 0 Å². The molecule has 26 heavy (non-hydrogen) atoms. The Labute approximate surface area is 159 Å². The largest absolute Gasteiger partial charge is 0.309 e. The molecule has 2 rings (SSSR count). The maximum absolute atomic E-state index is 13.8. The van der Waals surface area contributed by atoms with Gasteiger partial charge in [-0.15, -0.1) is 0 Å². The number of hydrogen-bond acceptors (Lipinski definition) is 1. The summed E-state index contributed by atoms with van der Waals surface area (Å²) in [6.07, 6.45) is 13.7. The first kappa shape index (κ1) is 20.7. The van der Waals surface area contributed by atoms with Crippen molar-refractivity contribution >= 4 is 17.8 Å². The van der Waals surface area contributed by atoms with E-state index in [1.54, 1.807) is 0 Å². The molecule has 0 aliphatic heterocycles. The SMILES string of the molecule is CCCCCCCCCC/C=C/P(=O)(c1ccccc1)c1ccccc1. The Hall–Kier alpha value is -1.59. The smallest absolute Gasteiger partial charge is 0.163 e. The van der Waals surface area contributed by atoms with E-state index in [-0.39, 0.29) is 0 Å². The maximum Gasteiger partial charge on any atom is 0.163 e. The van der Waals surface area contributed by atoms with E-state index in [1.807, 2.05) is 66.5 Å². The van der Waals surface area contributed by atoms with Crippen LogP contribution in [0.2, 0.25) is 0 Å². The van der Waals surface area contributed by atoms with Crippen LogP contribution in [0.3, 0.4) is 0 Å². The number of allylic oxidation sites excluding steroid dienone is 1. The van der Waals surface area contributed by atoms with Crippen LogP contribution in [0.1, 0.15) is 64.7 Å². The van der Waals surface area contributed by atoms with Crippen molar-refractivity contribution in [2.75, 3.05) is 0 Å². The van der Waals surface area contributed by atoms with Crippen LogP contribution < -0.4 is 10.6 Å². The Morgan fingerprint density at radius 2 is 1.15 bits per heavy atom. The van der Waals surface area contributed by atoms with Gasteiger partial charge in [-0.1, -0.05) is 119 Å². The summed E-state index contributed by atoms with van der Waals surface area (Å²) in [5, 5.41) is 1.83. The monoisotopic (exact) mass is 368 g/mol. The molecule has 0 bridgehead atoms. The van der Waals surface area contributed by atoms with Crippen molar-refractivity contribution in [2.24, 2.45) is 0 Å². The molecule has 2 heteroatoms. The number of rotatable bonds is 12. The summed E-state index contributed by atoms with van der Waals surface area (Å²) < 4.78 is 13.8. The summed E-state index contributed by atoms with van der Waals surface area (Å²) in [6.45, 7) is 2.26. The molecular weight excluding hydrogens is 335 g/mol. The molecule has 140 valence electrons. The highest BCUT2D eigenvalue weighted by atomic mass is 31.2. The standard InChI is InChI=1S/C24H33OP/c1-2-3-4-5-6-7-8-9-10-17-22-26(25,23-18-13-11-14-19-23)24-20-15-12-16-21-24/h11-22H,2-10H2,1H3/b22-17+. The van der Waals surface area contributed by atoms with Gasteiger partial charge in [0.25, 0.3) is 0 Å². The van der Waals surface area contributed by atoms with Crippen LogP contribution in [-0.4, -0.2) is 0 Å². The summed E-state index contributed by atoms with van der Waals surface area (Å²) in [5.41, 5.74) is 0. The van der Waals surface area contributed by atoms with Gasteiger partial charge in [0, 0.05) is 10.6 Å². The molecule has 0 amide bonds. The Kier molecular flexibility index (Phi) is 9.50. The van der Waals surface area contributed by atoms with Crippen molar-refractivity contribution < 1.29 is 4.57 Å². The Balaban J connectivity index is 1.88. The second-order valence-electron chi connectivity index (χ2n) is 6.98. The first-order valence-electron chi connectivity index (χ1n) is 10.2. The predicted octanol–water partition coefficient (Wildman–Crippen LogP) is 7.05. The summed E-state index contributed by atoms with van der Waals surface area (Å²) in [4.78, 5) is 0. The van der Waals surface area contributed by atoms with Crippen LogP contribution in [0.5, 0.6) is 0 Å². The lowest BCUT2D eigenvalue weighted by Crippen LogP contribution is -2.13. The zero-order valence-corrected chi connectivity index (χ0v) is 17.0. The molecular formula is C24H33OP. The number of unbranched alkanes of at least 4 members (excludes halogenated alkanes) is 8. The van der Waals surface area contributed by atoms with Gasteiger partial charge in [0.1, 0.15) is 0 Å². The highest BCUT2D eigenvalue weighted by Gasteiger charge is 2.23. The first-order valence-corrected chi connectivity index (χ1v) is 11.9. The van der Waals surface area contributed by atoms with E-state index in [9.17, 15) is 4.57 Å². The van der Waals surface area contributed by atoms with Crippen molar-refractivity contribution in [2.45, 2.75) is 64.7 Å². The minimum atomic E-state index is -2.68. The molecule has 0 fully saturated rings. The fraction of sp³-hybridized carbons (Fsp3) is 0.417. The molecule has 0 spiro atoms. The van der Waals surface area contributed by atoms with Crippen LogP contribution in [0, 0.1) is 0 Å². The van der Waals surface area contributed by atoms with Gasteiger partial charge >= 0.3 is 0 Å². The molecule has 0 saturated carbocycles. The van der Waals surface area contributed by atoms with E-state index in [0.717, 1.165) is 17.0 Å². The quantitative estimate of drug-likeness (QED) is 0.290. The zero-order valence-electron chi connectivity index (χ0n) is 16.1. The Bertz CT molecular complexity index is 632. The van der Waals surface area contributed by atoms with Gasteiger partial charge in [-0.2, -0.15) is 0 Å². The fourth-order valence-electron chi connectivity index (χ4n) is 3.24. The third-order valence-electron chi connectivity index (χ3n) is 4.82. The van der Waals surface area contributed by atoms with Gasteiger partial charge in [-0.05, 0) is 18.7 Å². The van der Waals surface area contributed by atoms with Crippen molar-refractivity contribution in [3.05, 3.63) is 72.6 Å². The average Bonchev–Trinajstić information content (AvgIpc) is 2.70. The van der Waals surface area contributed by atoms with E-state index in [1.165, 1.54) is 51.4 Å². The Morgan fingerprint density at radius 1 is 0.692 bits per heavy atom. The van der Waals surface area contributed by atoms with E-state index < -0.39 is 7.14 Å². The minimum Gasteiger partial charge on any atom is -0.309 e. The summed E-state index contributed by atoms with van der Waals surface area (Å²) >= 11 is 0. The van der Waals surface area contributed by atoms with Gasteiger partial charge in [-0.25, -0.2) is 0 Å². The lowest BCUT2D eigenvalue weighted by Gasteiger charge is -2.15. The van der Waals surface area contributed by atoms with Crippen LogP contribution in [-0.2, 0) is 4.57 Å². The molecule has 0 aliphatic rings. The predicted molar refractivity (Wildman–Crippen MR) is 116 cm³/mol. The molecule has 0 atom stereocenters. The highest BCUT2D eigenvalue weighted by molar-refractivity contribution is 7.81. The maximum atomic E-state index is 13.8. The summed E-state index contributed by atoms with van der Waals surface area (Å²) in [7, 11) is -2.68. The molecule has 0 unspecified atom stereocenters. The molecule has 0 radical (unpaired) electrons. The molecule has 0 saturated heterocycles. The van der Waals surface area contributed by atoms with Gasteiger partial charge in [0.05, 0.1) is 0 Å². The second-order valence-corrected chi connectivity index (χ2v) is 9.62. The molecule has 0 aromatic heterocycles. The van der Waals surface area contributed by atoms with Crippen molar-refractivity contribution in [1.82, 2.24) is 0 Å². The molecule has 0 aliphatic carbocycles. The lowest BCUT2D eigenvalue weighted by molar-refractivity contribution is 0.577. The Morgan fingerprint density at radius 3 is 1.65 bits per heavy atom. The molecule has 2 aromatic carbocycles. The van der Waals surface area contributed by atoms with E-state index >= 15 is 0 Å². The van der Waals surface area contributed by atoms with Crippen molar-refractivity contribution in [3.63, 3.8) is 0 Å². The van der Waals surface area contributed by atoms with E-state index in [2.05, 4.69) is 13.0 Å². The van der Waals surface area contributed by atoms with Gasteiger partial charge in [0.15, 0.2) is 7.14 Å². The fourth-order valence-corrected chi connectivity index (χ4v) is 5.56. The van der Waals surface area contributed by atoms with E-state index in [4.69, 9.17) is 0 Å². The average molecular weight is 369 g/mol. The van der Waals surface area contributed by atoms with Crippen LogP contribution in [0.25, 0.3) is 0 Å². The van der Waals surface area contributed by atoms with E-state index in [0.29, 0.717) is 0 Å². The molecule has 1 nitrogen and oxygen atoms in total. The number of benzene rings is 2. The minimum absolute atomic E-state index is 0.915. The normalized spacial score (nSPS) is 11.9. The lowest BCUT2D eigenvalue weighted by atomic mass is 10.1. The van der Waals surface area contributed by atoms with Crippen molar-refractivity contribution in [3.8, 4) is 0 Å². The third kappa shape index (κ3) is 6.61. The third-order valence-corrected chi connectivity index (χ3v) is 7.58. The molecule has 2 aromatic rings. The van der Waals surface area contributed by atoms with Gasteiger partial charge in [0.2, 0.25) is 0 Å². The topological polar surface area (TPSA) is 17.1 Å². The van der Waals surface area contributed by atoms with Crippen molar-refractivity contribution in [1.29, 1.82) is 0 Å². The van der Waals surface area contributed by atoms with Crippen LogP contribution in [0.15, 0.2) is 72.6 Å². The highest BCUT2D eigenvalue weighted by Crippen LogP contribution is 2.45. The zero-order chi connectivity index (χ0) is 18.5. The summed E-state index contributed by atoms with van der Waals surface area (Å²) in [5.74, 6) is 1.97. The summed E-state index contributed by atoms with van der Waals surface area (Å²) in [6, 6.07) is 19.8. The molecule has 0 N–H and O–H groups in total.